The molecule has 134 valence electrons. The van der Waals surface area contributed by atoms with Crippen LogP contribution < -0.4 is 14.8 Å². The molecular formula is C20H26N2O3. The molecule has 0 unspecified atom stereocenters. The minimum Gasteiger partial charge on any atom is -0.493 e. The van der Waals surface area contributed by atoms with Crippen LogP contribution in [0.1, 0.15) is 46.2 Å². The smallest absolute Gasteiger partial charge is 0.251 e. The van der Waals surface area contributed by atoms with Crippen LogP contribution in [0.5, 0.6) is 11.5 Å². The first kappa shape index (κ1) is 17.4. The second kappa shape index (κ2) is 7.21. The van der Waals surface area contributed by atoms with Gasteiger partial charge >= 0.3 is 0 Å². The number of ether oxygens (including phenoxy) is 2. The molecule has 2 aromatic rings. The van der Waals surface area contributed by atoms with Gasteiger partial charge < -0.3 is 19.4 Å². The molecule has 0 atom stereocenters. The molecule has 1 fully saturated rings. The Labute approximate surface area is 148 Å². The van der Waals surface area contributed by atoms with Crippen molar-refractivity contribution in [2.24, 2.45) is 0 Å². The lowest BCUT2D eigenvalue weighted by atomic mass is 10.1. The molecule has 0 bridgehead atoms. The molecule has 1 aromatic carbocycles. The highest BCUT2D eigenvalue weighted by atomic mass is 16.5. The Morgan fingerprint density at radius 2 is 1.88 bits per heavy atom. The Kier molecular flexibility index (Phi) is 5.02. The predicted molar refractivity (Wildman–Crippen MR) is 97.8 cm³/mol. The van der Waals surface area contributed by atoms with Gasteiger partial charge in [0.1, 0.15) is 0 Å². The lowest BCUT2D eigenvalue weighted by Gasteiger charge is -2.10. The summed E-state index contributed by atoms with van der Waals surface area (Å²) in [7, 11) is 3.14. The molecule has 1 amide bonds. The summed E-state index contributed by atoms with van der Waals surface area (Å²) in [6.45, 7) is 4.95. The van der Waals surface area contributed by atoms with E-state index in [1.807, 2.05) is 0 Å². The highest BCUT2D eigenvalue weighted by molar-refractivity contribution is 5.94. The van der Waals surface area contributed by atoms with Gasteiger partial charge in [-0.15, -0.1) is 0 Å². The summed E-state index contributed by atoms with van der Waals surface area (Å²) in [6, 6.07) is 8.13. The molecule has 5 nitrogen and oxygen atoms in total. The molecule has 3 rings (SSSR count). The van der Waals surface area contributed by atoms with Crippen molar-refractivity contribution in [2.75, 3.05) is 20.8 Å². The number of benzene rings is 1. The van der Waals surface area contributed by atoms with Crippen LogP contribution in [0.15, 0.2) is 24.3 Å². The lowest BCUT2D eigenvalue weighted by Crippen LogP contribution is -2.25. The molecule has 1 aromatic heterocycles. The number of hydrogen-bond donors (Lipinski definition) is 1. The molecule has 1 aliphatic rings. The van der Waals surface area contributed by atoms with Crippen LogP contribution >= 0.6 is 0 Å². The van der Waals surface area contributed by atoms with Gasteiger partial charge in [0.15, 0.2) is 11.5 Å². The van der Waals surface area contributed by atoms with Gasteiger partial charge in [-0.05, 0) is 62.9 Å². The first-order chi connectivity index (χ1) is 12.0. The fourth-order valence-corrected chi connectivity index (χ4v) is 3.38. The van der Waals surface area contributed by atoms with E-state index in [2.05, 4.69) is 29.8 Å². The summed E-state index contributed by atoms with van der Waals surface area (Å²) in [5, 5.41) is 2.99. The molecule has 1 saturated carbocycles. The first-order valence-electron chi connectivity index (χ1n) is 8.72. The number of aryl methyl sites for hydroxylation is 1. The summed E-state index contributed by atoms with van der Waals surface area (Å²) in [5.41, 5.74) is 4.54. The van der Waals surface area contributed by atoms with E-state index < -0.39 is 0 Å². The van der Waals surface area contributed by atoms with E-state index in [0.29, 0.717) is 29.6 Å². The highest BCUT2D eigenvalue weighted by Gasteiger charge is 2.26. The Balaban J connectivity index is 1.60. The Hall–Kier alpha value is -2.43. The summed E-state index contributed by atoms with van der Waals surface area (Å²) < 4.78 is 12.9. The molecule has 1 heterocycles. The molecule has 0 aliphatic heterocycles. The number of amides is 1. The van der Waals surface area contributed by atoms with E-state index in [-0.39, 0.29) is 5.91 Å². The number of carbonyl (C=O) groups is 1. The zero-order valence-corrected chi connectivity index (χ0v) is 15.4. The topological polar surface area (TPSA) is 52.5 Å². The Bertz CT molecular complexity index is 775. The molecule has 1 aliphatic carbocycles. The van der Waals surface area contributed by atoms with Crippen molar-refractivity contribution in [2.45, 2.75) is 39.2 Å². The third-order valence-corrected chi connectivity index (χ3v) is 4.83. The van der Waals surface area contributed by atoms with E-state index in [4.69, 9.17) is 9.47 Å². The van der Waals surface area contributed by atoms with Crippen molar-refractivity contribution in [3.05, 3.63) is 46.8 Å². The molecule has 5 heteroatoms. The van der Waals surface area contributed by atoms with Crippen molar-refractivity contribution in [3.63, 3.8) is 0 Å². The van der Waals surface area contributed by atoms with Gasteiger partial charge in [0, 0.05) is 29.5 Å². The fraction of sp³-hybridized carbons (Fsp3) is 0.450. The van der Waals surface area contributed by atoms with E-state index >= 15 is 0 Å². The van der Waals surface area contributed by atoms with Crippen LogP contribution in [-0.2, 0) is 6.42 Å². The second-order valence-corrected chi connectivity index (χ2v) is 6.57. The number of nitrogens with zero attached hydrogens (tertiary/aromatic N) is 1. The van der Waals surface area contributed by atoms with E-state index in [0.717, 1.165) is 6.42 Å². The highest BCUT2D eigenvalue weighted by Crippen LogP contribution is 2.38. The molecule has 1 N–H and O–H groups in total. The summed E-state index contributed by atoms with van der Waals surface area (Å²) in [6.07, 6.45) is 3.41. The van der Waals surface area contributed by atoms with Gasteiger partial charge in [0.05, 0.1) is 14.2 Å². The number of aromatic nitrogens is 1. The van der Waals surface area contributed by atoms with Crippen LogP contribution in [0.2, 0.25) is 0 Å². The van der Waals surface area contributed by atoms with Crippen molar-refractivity contribution in [1.29, 1.82) is 0 Å². The van der Waals surface area contributed by atoms with Crippen molar-refractivity contribution in [3.8, 4) is 11.5 Å². The predicted octanol–water partition coefficient (Wildman–Crippen LogP) is 3.43. The average molecular weight is 342 g/mol. The average Bonchev–Trinajstić information content (AvgIpc) is 3.40. The van der Waals surface area contributed by atoms with Crippen LogP contribution in [0.4, 0.5) is 0 Å². The number of nitrogens with one attached hydrogen (secondary N) is 1. The SMILES string of the molecule is COc1ccc(C(=O)NCCc2cc(C)n(C3CC3)c2C)cc1OC. The van der Waals surface area contributed by atoms with E-state index in [1.54, 1.807) is 32.4 Å². The number of carbonyl (C=O) groups excluding carboxylic acids is 1. The first-order valence-corrected chi connectivity index (χ1v) is 8.72. The lowest BCUT2D eigenvalue weighted by molar-refractivity contribution is 0.0953. The van der Waals surface area contributed by atoms with Crippen molar-refractivity contribution in [1.82, 2.24) is 9.88 Å². The maximum absolute atomic E-state index is 12.4. The number of rotatable bonds is 7. The molecular weight excluding hydrogens is 316 g/mol. The van der Waals surface area contributed by atoms with Crippen LogP contribution in [0.3, 0.4) is 0 Å². The largest absolute Gasteiger partial charge is 0.493 e. The van der Waals surface area contributed by atoms with Gasteiger partial charge in [0.2, 0.25) is 0 Å². The minimum absolute atomic E-state index is 0.100. The monoisotopic (exact) mass is 342 g/mol. The third kappa shape index (κ3) is 3.65. The Morgan fingerprint density at radius 3 is 2.52 bits per heavy atom. The normalized spacial score (nSPS) is 13.6. The van der Waals surface area contributed by atoms with Crippen LogP contribution in [-0.4, -0.2) is 31.2 Å². The summed E-state index contributed by atoms with van der Waals surface area (Å²) in [5.74, 6) is 1.08. The van der Waals surface area contributed by atoms with E-state index in [1.165, 1.54) is 29.8 Å². The van der Waals surface area contributed by atoms with Gasteiger partial charge in [-0.2, -0.15) is 0 Å². The van der Waals surface area contributed by atoms with Gasteiger partial charge in [-0.1, -0.05) is 0 Å². The molecule has 0 radical (unpaired) electrons. The van der Waals surface area contributed by atoms with Gasteiger partial charge in [0.25, 0.3) is 5.91 Å². The standard InChI is InChI=1S/C20H26N2O3/c1-13-11-15(14(2)22(13)17-6-7-17)9-10-21-20(23)16-5-8-18(24-3)19(12-16)25-4/h5,8,11-12,17H,6-7,9-10H2,1-4H3,(H,21,23). The quantitative estimate of drug-likeness (QED) is 0.839. The maximum atomic E-state index is 12.4. The molecule has 25 heavy (non-hydrogen) atoms. The fourth-order valence-electron chi connectivity index (χ4n) is 3.38. The summed E-state index contributed by atoms with van der Waals surface area (Å²) >= 11 is 0. The zero-order valence-electron chi connectivity index (χ0n) is 15.4. The minimum atomic E-state index is -0.100. The van der Waals surface area contributed by atoms with Crippen molar-refractivity contribution < 1.29 is 14.3 Å². The number of hydrogen-bond acceptors (Lipinski definition) is 3. The third-order valence-electron chi connectivity index (χ3n) is 4.83. The zero-order chi connectivity index (χ0) is 18.0. The van der Waals surface area contributed by atoms with Crippen LogP contribution in [0, 0.1) is 13.8 Å². The molecule has 0 spiro atoms. The summed E-state index contributed by atoms with van der Waals surface area (Å²) in [4.78, 5) is 12.4. The maximum Gasteiger partial charge on any atom is 0.251 e. The number of methoxy groups -OCH3 is 2. The van der Waals surface area contributed by atoms with Gasteiger partial charge in [-0.25, -0.2) is 0 Å². The van der Waals surface area contributed by atoms with Crippen LogP contribution in [0.25, 0.3) is 0 Å². The van der Waals surface area contributed by atoms with Gasteiger partial charge in [-0.3, -0.25) is 4.79 Å². The molecule has 0 saturated heterocycles. The van der Waals surface area contributed by atoms with Crippen molar-refractivity contribution >= 4 is 5.91 Å². The Morgan fingerprint density at radius 1 is 1.16 bits per heavy atom. The van der Waals surface area contributed by atoms with E-state index in [9.17, 15) is 4.79 Å². The second-order valence-electron chi connectivity index (χ2n) is 6.57.